The van der Waals surface area contributed by atoms with Gasteiger partial charge in [0, 0.05) is 51.1 Å². The van der Waals surface area contributed by atoms with Gasteiger partial charge in [0.2, 0.25) is 0 Å². The van der Waals surface area contributed by atoms with Gasteiger partial charge >= 0.3 is 0 Å². The van der Waals surface area contributed by atoms with E-state index in [1.807, 2.05) is 0 Å². The van der Waals surface area contributed by atoms with Crippen molar-refractivity contribution in [3.05, 3.63) is 198 Å². The van der Waals surface area contributed by atoms with Crippen molar-refractivity contribution in [3.8, 4) is 16.8 Å². The Morgan fingerprint density at radius 1 is 0.655 bits per heavy atom. The Morgan fingerprint density at radius 2 is 1.28 bits per heavy atom. The van der Waals surface area contributed by atoms with Crippen LogP contribution in [0, 0.1) is 0 Å². The highest BCUT2D eigenvalue weighted by molar-refractivity contribution is 6.18. The van der Waals surface area contributed by atoms with E-state index in [-0.39, 0.29) is 11.8 Å². The first-order valence-corrected chi connectivity index (χ1v) is 20.7. The molecule has 286 valence electrons. The average Bonchev–Trinajstić information content (AvgIpc) is 3.88. The molecule has 3 atom stereocenters. The highest BCUT2D eigenvalue weighted by Gasteiger charge is 2.35. The molecule has 10 rings (SSSR count). The lowest BCUT2D eigenvalue weighted by Crippen LogP contribution is -2.38. The smallest absolute Gasteiger partial charge is 0.174 e. The van der Waals surface area contributed by atoms with Crippen molar-refractivity contribution in [3.63, 3.8) is 0 Å². The molecule has 0 saturated heterocycles. The summed E-state index contributed by atoms with van der Waals surface area (Å²) in [7, 11) is 0. The molecule has 2 heterocycles. The van der Waals surface area contributed by atoms with Crippen LogP contribution < -0.4 is 0 Å². The first-order valence-electron chi connectivity index (χ1n) is 20.7. The zero-order valence-corrected chi connectivity index (χ0v) is 33.4. The van der Waals surface area contributed by atoms with Gasteiger partial charge in [0.1, 0.15) is 0 Å². The molecule has 4 heteroatoms. The number of aromatic nitrogens is 2. The Morgan fingerprint density at radius 3 is 1.97 bits per heavy atom. The first kappa shape index (κ1) is 36.2. The van der Waals surface area contributed by atoms with Crippen molar-refractivity contribution in [2.45, 2.75) is 63.9 Å². The van der Waals surface area contributed by atoms with Gasteiger partial charge in [0.25, 0.3) is 0 Å². The maximum atomic E-state index is 10.3. The Hall–Kier alpha value is -6.20. The Balaban J connectivity index is 1.12. The zero-order valence-electron chi connectivity index (χ0n) is 33.4. The van der Waals surface area contributed by atoms with Gasteiger partial charge in [-0.1, -0.05) is 142 Å². The van der Waals surface area contributed by atoms with Crippen LogP contribution in [0.1, 0.15) is 73.3 Å². The number of aliphatic hydroxyl groups excluding tert-OH is 1. The van der Waals surface area contributed by atoms with Gasteiger partial charge < -0.3 is 19.0 Å². The van der Waals surface area contributed by atoms with Gasteiger partial charge in [0.05, 0.1) is 22.2 Å². The molecule has 0 aliphatic heterocycles. The van der Waals surface area contributed by atoms with Crippen molar-refractivity contribution in [1.29, 1.82) is 0 Å². The number of benzene rings is 7. The maximum absolute atomic E-state index is 10.3. The molecule has 0 fully saturated rings. The molecular formula is C54H48N2O2. The maximum Gasteiger partial charge on any atom is 0.174 e. The van der Waals surface area contributed by atoms with Crippen LogP contribution in [-0.4, -0.2) is 26.1 Å². The van der Waals surface area contributed by atoms with Crippen molar-refractivity contribution in [1.82, 2.24) is 9.13 Å². The molecule has 58 heavy (non-hydrogen) atoms. The SMILES string of the molecule is C=CC(O)OC(C)(CC)C(CC)c1ccc(Cn2c3ccccc3c3cc4c5ccc(C6c7ccccc7-c7ccccc76)cc5n(-c5ccccc5)c4cc32)cc1. The summed E-state index contributed by atoms with van der Waals surface area (Å²) in [5.41, 5.74) is 14.6. The minimum Gasteiger partial charge on any atom is -0.365 e. The molecule has 7 aromatic carbocycles. The van der Waals surface area contributed by atoms with E-state index in [9.17, 15) is 5.11 Å². The monoisotopic (exact) mass is 756 g/mol. The molecule has 0 spiro atoms. The average molecular weight is 757 g/mol. The van der Waals surface area contributed by atoms with E-state index in [1.54, 1.807) is 0 Å². The van der Waals surface area contributed by atoms with E-state index in [0.717, 1.165) is 25.1 Å². The van der Waals surface area contributed by atoms with Gasteiger partial charge in [-0.2, -0.15) is 0 Å². The third kappa shape index (κ3) is 5.74. The number of fused-ring (bicyclic) bond motifs is 9. The summed E-state index contributed by atoms with van der Waals surface area (Å²) in [4.78, 5) is 0. The van der Waals surface area contributed by atoms with E-state index < -0.39 is 11.9 Å². The number of aliphatic hydroxyl groups is 1. The second kappa shape index (κ2) is 14.3. The molecule has 1 aliphatic rings. The minimum atomic E-state index is -0.995. The van der Waals surface area contributed by atoms with Crippen LogP contribution in [0.4, 0.5) is 0 Å². The van der Waals surface area contributed by atoms with Crippen molar-refractivity contribution >= 4 is 43.6 Å². The number of ether oxygens (including phenoxy) is 1. The molecule has 0 radical (unpaired) electrons. The number of para-hydroxylation sites is 2. The van der Waals surface area contributed by atoms with Crippen molar-refractivity contribution < 1.29 is 9.84 Å². The highest BCUT2D eigenvalue weighted by atomic mass is 16.6. The lowest BCUT2D eigenvalue weighted by Gasteiger charge is -2.38. The quantitative estimate of drug-likeness (QED) is 0.105. The van der Waals surface area contributed by atoms with Crippen LogP contribution in [0.3, 0.4) is 0 Å². The van der Waals surface area contributed by atoms with E-state index in [1.165, 1.54) is 88.6 Å². The van der Waals surface area contributed by atoms with E-state index in [4.69, 9.17) is 4.74 Å². The topological polar surface area (TPSA) is 39.3 Å². The lowest BCUT2D eigenvalue weighted by molar-refractivity contribution is -0.165. The first-order chi connectivity index (χ1) is 28.4. The minimum absolute atomic E-state index is 0.126. The number of rotatable bonds is 11. The van der Waals surface area contributed by atoms with Crippen molar-refractivity contribution in [2.24, 2.45) is 0 Å². The second-order valence-electron chi connectivity index (χ2n) is 16.2. The largest absolute Gasteiger partial charge is 0.365 e. The van der Waals surface area contributed by atoms with Gasteiger partial charge in [0.15, 0.2) is 6.29 Å². The molecule has 0 amide bonds. The summed E-state index contributed by atoms with van der Waals surface area (Å²) in [6, 6.07) is 58.5. The van der Waals surface area contributed by atoms with Crippen molar-refractivity contribution in [2.75, 3.05) is 0 Å². The summed E-state index contributed by atoms with van der Waals surface area (Å²) >= 11 is 0. The predicted octanol–water partition coefficient (Wildman–Crippen LogP) is 13.3. The molecule has 2 aromatic heterocycles. The number of nitrogens with zero attached hydrogens (tertiary/aromatic N) is 2. The van der Waals surface area contributed by atoms with Crippen LogP contribution in [0.15, 0.2) is 170 Å². The molecule has 0 saturated carbocycles. The summed E-state index contributed by atoms with van der Waals surface area (Å²) in [5, 5.41) is 15.4. The summed E-state index contributed by atoms with van der Waals surface area (Å²) in [5.74, 6) is 0.300. The Labute approximate surface area is 340 Å². The number of hydrogen-bond donors (Lipinski definition) is 1. The predicted molar refractivity (Wildman–Crippen MR) is 241 cm³/mol. The Kier molecular flexibility index (Phi) is 8.93. The van der Waals surface area contributed by atoms with E-state index >= 15 is 0 Å². The normalized spacial score (nSPS) is 14.8. The number of hydrogen-bond acceptors (Lipinski definition) is 2. The van der Waals surface area contributed by atoms with Crippen LogP contribution in [-0.2, 0) is 11.3 Å². The molecule has 3 unspecified atom stereocenters. The highest BCUT2D eigenvalue weighted by Crippen LogP contribution is 2.49. The standard InChI is InChI=1S/C54H48N2O2/c1-5-47(54(4,7-3)58-52(57)6-2)36-27-25-35(26-28-36)34-55-48-24-16-15-21-41(48)45-32-46-42-30-29-37(53-43-22-13-11-19-39(43)40-20-12-14-23-44(40)53)31-50(42)56(51(46)33-49(45)55)38-17-9-8-10-18-38/h6,8-33,47,52-53,57H,2,5,7,34H2,1,3-4H3. The lowest BCUT2D eigenvalue weighted by atomic mass is 9.79. The molecule has 4 nitrogen and oxygen atoms in total. The fourth-order valence-electron chi connectivity index (χ4n) is 10.1. The molecule has 1 N–H and O–H groups in total. The van der Waals surface area contributed by atoms with E-state index in [2.05, 4.69) is 194 Å². The third-order valence-electron chi connectivity index (χ3n) is 13.0. The van der Waals surface area contributed by atoms with Gasteiger partial charge in [-0.15, -0.1) is 0 Å². The van der Waals surface area contributed by atoms with Gasteiger partial charge in [-0.3, -0.25) is 0 Å². The van der Waals surface area contributed by atoms with Crippen LogP contribution in [0.5, 0.6) is 0 Å². The molecule has 1 aliphatic carbocycles. The van der Waals surface area contributed by atoms with Gasteiger partial charge in [-0.25, -0.2) is 0 Å². The summed E-state index contributed by atoms with van der Waals surface area (Å²) in [6.45, 7) is 10.9. The fraction of sp³-hybridized carbons (Fsp3) is 0.185. The van der Waals surface area contributed by atoms with Crippen LogP contribution in [0.25, 0.3) is 60.4 Å². The molecule has 0 bridgehead atoms. The summed E-state index contributed by atoms with van der Waals surface area (Å²) < 4.78 is 11.1. The zero-order chi connectivity index (χ0) is 39.5. The Bertz CT molecular complexity index is 2940. The molecular weight excluding hydrogens is 709 g/mol. The van der Waals surface area contributed by atoms with Crippen LogP contribution in [0.2, 0.25) is 0 Å². The van der Waals surface area contributed by atoms with E-state index in [0.29, 0.717) is 0 Å². The van der Waals surface area contributed by atoms with Gasteiger partial charge in [-0.05, 0) is 101 Å². The molecule has 9 aromatic rings. The van der Waals surface area contributed by atoms with Crippen LogP contribution >= 0.6 is 0 Å². The fourth-order valence-corrected chi connectivity index (χ4v) is 10.1. The third-order valence-corrected chi connectivity index (χ3v) is 13.0. The second-order valence-corrected chi connectivity index (χ2v) is 16.2. The summed E-state index contributed by atoms with van der Waals surface area (Å²) in [6.07, 6.45) is 2.13.